The van der Waals surface area contributed by atoms with E-state index in [9.17, 15) is 4.79 Å². The predicted molar refractivity (Wildman–Crippen MR) is 48.7 cm³/mol. The van der Waals surface area contributed by atoms with Crippen LogP contribution in [0, 0.1) is 0 Å². The topological polar surface area (TPSA) is 59.0 Å². The van der Waals surface area contributed by atoms with Crippen LogP contribution < -0.4 is 15.6 Å². The fourth-order valence-corrected chi connectivity index (χ4v) is 0.980. The molecule has 0 unspecified atom stereocenters. The quantitative estimate of drug-likeness (QED) is 0.587. The number of nitrogens with two attached hydrogens (primary N) is 1. The van der Waals surface area contributed by atoms with Gasteiger partial charge in [0, 0.05) is 12.1 Å². The molecular weight excluding hydrogens is 166 g/mol. The molecule has 0 spiro atoms. The summed E-state index contributed by atoms with van der Waals surface area (Å²) in [5.74, 6) is -0.114. The van der Waals surface area contributed by atoms with Crippen molar-refractivity contribution in [2.24, 2.45) is 5.73 Å². The first-order valence-electron chi connectivity index (χ1n) is 4.24. The molecule has 1 heterocycles. The van der Waals surface area contributed by atoms with E-state index < -0.39 is 0 Å². The fraction of sp³-hybridized carbons (Fsp3) is 0.333. The first-order chi connectivity index (χ1) is 6.33. The Bertz CT molecular complexity index is 261. The van der Waals surface area contributed by atoms with Crippen LogP contribution in [-0.2, 0) is 11.3 Å². The van der Waals surface area contributed by atoms with Crippen LogP contribution in [0.3, 0.4) is 0 Å². The van der Waals surface area contributed by atoms with Crippen LogP contribution >= 0.6 is 0 Å². The van der Waals surface area contributed by atoms with Gasteiger partial charge in [-0.1, -0.05) is 6.07 Å². The van der Waals surface area contributed by atoms with Crippen molar-refractivity contribution in [3.05, 3.63) is 30.6 Å². The van der Waals surface area contributed by atoms with E-state index in [0.717, 1.165) is 6.54 Å². The Balaban J connectivity index is 2.24. The molecule has 0 saturated carbocycles. The van der Waals surface area contributed by atoms with Crippen molar-refractivity contribution in [2.45, 2.75) is 6.54 Å². The third-order valence-corrected chi connectivity index (χ3v) is 1.65. The molecular formula is C9H14N3O+. The summed E-state index contributed by atoms with van der Waals surface area (Å²) in [4.78, 5) is 10.8. The van der Waals surface area contributed by atoms with Gasteiger partial charge >= 0.3 is 0 Å². The van der Waals surface area contributed by atoms with Crippen LogP contribution in [0.25, 0.3) is 0 Å². The van der Waals surface area contributed by atoms with Gasteiger partial charge in [0.2, 0.25) is 5.91 Å². The average molecular weight is 180 g/mol. The van der Waals surface area contributed by atoms with E-state index in [4.69, 9.17) is 5.73 Å². The lowest BCUT2D eigenvalue weighted by Crippen LogP contribution is -2.41. The number of nitrogens with one attached hydrogen (secondary N) is 1. The van der Waals surface area contributed by atoms with Gasteiger partial charge in [0.15, 0.2) is 18.9 Å². The standard InChI is InChI=1S/C9H13N3O/c10-8-9(13)11-4-7-12-5-2-1-3-6-12/h1-3,5-6H,4,7-8,10H2/p+1. The van der Waals surface area contributed by atoms with Crippen LogP contribution in [0.4, 0.5) is 0 Å². The van der Waals surface area contributed by atoms with Crippen molar-refractivity contribution in [2.75, 3.05) is 13.1 Å². The summed E-state index contributed by atoms with van der Waals surface area (Å²) in [6.07, 6.45) is 3.91. The Morgan fingerprint density at radius 3 is 2.62 bits per heavy atom. The Hall–Kier alpha value is -1.42. The Labute approximate surface area is 77.4 Å². The summed E-state index contributed by atoms with van der Waals surface area (Å²) in [7, 11) is 0. The van der Waals surface area contributed by atoms with E-state index in [2.05, 4.69) is 5.32 Å². The number of aromatic nitrogens is 1. The highest BCUT2D eigenvalue weighted by molar-refractivity contribution is 5.77. The number of carbonyl (C=O) groups excluding carboxylic acids is 1. The maximum Gasteiger partial charge on any atom is 0.233 e. The Morgan fingerprint density at radius 1 is 1.31 bits per heavy atom. The Kier molecular flexibility index (Phi) is 3.92. The molecule has 4 heteroatoms. The van der Waals surface area contributed by atoms with Gasteiger partial charge in [0.25, 0.3) is 0 Å². The van der Waals surface area contributed by atoms with Crippen molar-refractivity contribution < 1.29 is 9.36 Å². The van der Waals surface area contributed by atoms with Crippen LogP contribution in [0.5, 0.6) is 0 Å². The van der Waals surface area contributed by atoms with E-state index in [-0.39, 0.29) is 12.5 Å². The van der Waals surface area contributed by atoms with Gasteiger partial charge in [-0.25, -0.2) is 4.57 Å². The van der Waals surface area contributed by atoms with Crippen molar-refractivity contribution in [3.63, 3.8) is 0 Å². The van der Waals surface area contributed by atoms with E-state index in [0.29, 0.717) is 6.54 Å². The highest BCUT2D eigenvalue weighted by Gasteiger charge is 1.99. The van der Waals surface area contributed by atoms with Gasteiger partial charge in [0.1, 0.15) is 0 Å². The second-order valence-corrected chi connectivity index (χ2v) is 2.67. The van der Waals surface area contributed by atoms with Crippen molar-refractivity contribution in [1.82, 2.24) is 5.32 Å². The van der Waals surface area contributed by atoms with Gasteiger partial charge in [-0.15, -0.1) is 0 Å². The number of hydrogen-bond donors (Lipinski definition) is 2. The minimum Gasteiger partial charge on any atom is -0.349 e. The lowest BCUT2D eigenvalue weighted by atomic mass is 10.4. The fourth-order valence-electron chi connectivity index (χ4n) is 0.980. The first-order valence-corrected chi connectivity index (χ1v) is 4.24. The molecule has 70 valence electrons. The second-order valence-electron chi connectivity index (χ2n) is 2.67. The maximum absolute atomic E-state index is 10.8. The zero-order valence-corrected chi connectivity index (χ0v) is 7.44. The molecule has 4 nitrogen and oxygen atoms in total. The average Bonchev–Trinajstić information content (AvgIpc) is 2.19. The second kappa shape index (κ2) is 5.27. The molecule has 1 aromatic heterocycles. The summed E-state index contributed by atoms with van der Waals surface area (Å²) >= 11 is 0. The molecule has 3 N–H and O–H groups in total. The van der Waals surface area contributed by atoms with Crippen LogP contribution in [0.1, 0.15) is 0 Å². The molecule has 0 aromatic carbocycles. The van der Waals surface area contributed by atoms with Crippen molar-refractivity contribution in [1.29, 1.82) is 0 Å². The SMILES string of the molecule is NCC(=O)NCC[n+]1ccccc1. The summed E-state index contributed by atoms with van der Waals surface area (Å²) < 4.78 is 2.00. The van der Waals surface area contributed by atoms with E-state index in [1.165, 1.54) is 0 Å². The number of amides is 1. The van der Waals surface area contributed by atoms with E-state index in [1.54, 1.807) is 0 Å². The van der Waals surface area contributed by atoms with Gasteiger partial charge in [-0.2, -0.15) is 0 Å². The number of rotatable bonds is 4. The normalized spacial score (nSPS) is 9.62. The van der Waals surface area contributed by atoms with Gasteiger partial charge in [-0.3, -0.25) is 4.79 Å². The highest BCUT2D eigenvalue weighted by Crippen LogP contribution is 1.75. The van der Waals surface area contributed by atoms with E-state index in [1.807, 2.05) is 35.2 Å². The van der Waals surface area contributed by atoms with Crippen LogP contribution in [0.15, 0.2) is 30.6 Å². The molecule has 0 aliphatic carbocycles. The molecule has 1 aromatic rings. The zero-order valence-electron chi connectivity index (χ0n) is 7.44. The summed E-state index contributed by atoms with van der Waals surface area (Å²) in [5.41, 5.74) is 5.13. The Morgan fingerprint density at radius 2 is 2.00 bits per heavy atom. The van der Waals surface area contributed by atoms with Crippen LogP contribution in [-0.4, -0.2) is 19.0 Å². The molecule has 1 rings (SSSR count). The summed E-state index contributed by atoms with van der Waals surface area (Å²) in [6.45, 7) is 1.44. The first kappa shape index (κ1) is 9.67. The third kappa shape index (κ3) is 3.66. The molecule has 0 aliphatic rings. The lowest BCUT2D eigenvalue weighted by molar-refractivity contribution is -0.694. The zero-order chi connectivity index (χ0) is 9.52. The van der Waals surface area contributed by atoms with Gasteiger partial charge < -0.3 is 11.1 Å². The lowest BCUT2D eigenvalue weighted by Gasteiger charge is -1.99. The summed E-state index contributed by atoms with van der Waals surface area (Å²) in [6, 6.07) is 5.85. The molecule has 0 saturated heterocycles. The number of carbonyl (C=O) groups is 1. The van der Waals surface area contributed by atoms with Gasteiger partial charge in [0.05, 0.1) is 13.1 Å². The number of pyridine rings is 1. The largest absolute Gasteiger partial charge is 0.349 e. The predicted octanol–water partition coefficient (Wildman–Crippen LogP) is -0.951. The number of nitrogens with zero attached hydrogens (tertiary/aromatic N) is 1. The van der Waals surface area contributed by atoms with Gasteiger partial charge in [-0.05, 0) is 0 Å². The summed E-state index contributed by atoms with van der Waals surface area (Å²) in [5, 5.41) is 2.70. The van der Waals surface area contributed by atoms with Crippen molar-refractivity contribution >= 4 is 5.91 Å². The molecule has 0 aliphatic heterocycles. The maximum atomic E-state index is 10.8. The molecule has 0 atom stereocenters. The van der Waals surface area contributed by atoms with Crippen LogP contribution in [0.2, 0.25) is 0 Å². The smallest absolute Gasteiger partial charge is 0.233 e. The third-order valence-electron chi connectivity index (χ3n) is 1.65. The highest BCUT2D eigenvalue weighted by atomic mass is 16.1. The number of hydrogen-bond acceptors (Lipinski definition) is 2. The minimum absolute atomic E-state index is 0.0550. The minimum atomic E-state index is -0.114. The van der Waals surface area contributed by atoms with Crippen molar-refractivity contribution in [3.8, 4) is 0 Å². The van der Waals surface area contributed by atoms with E-state index >= 15 is 0 Å². The molecule has 13 heavy (non-hydrogen) atoms. The molecule has 0 radical (unpaired) electrons. The monoisotopic (exact) mass is 180 g/mol. The molecule has 0 fully saturated rings. The molecule has 1 amide bonds. The molecule has 0 bridgehead atoms.